The second-order valence-corrected chi connectivity index (χ2v) is 5.69. The summed E-state index contributed by atoms with van der Waals surface area (Å²) in [6.45, 7) is 4.60. The van der Waals surface area contributed by atoms with E-state index in [1.165, 1.54) is 12.1 Å². The second-order valence-electron chi connectivity index (χ2n) is 5.69. The summed E-state index contributed by atoms with van der Waals surface area (Å²) in [5.74, 6) is -0.393. The molecule has 110 valence electrons. The van der Waals surface area contributed by atoms with Crippen molar-refractivity contribution in [3.63, 3.8) is 0 Å². The summed E-state index contributed by atoms with van der Waals surface area (Å²) in [6.07, 6.45) is 1.03. The van der Waals surface area contributed by atoms with Crippen molar-refractivity contribution in [1.29, 1.82) is 0 Å². The molecule has 0 saturated carbocycles. The molecule has 1 saturated heterocycles. The number of carbonyl (C=O) groups is 1. The van der Waals surface area contributed by atoms with Crippen molar-refractivity contribution >= 4 is 11.6 Å². The molecule has 3 N–H and O–H groups in total. The molecule has 4 nitrogen and oxygen atoms in total. The topological polar surface area (TPSA) is 64.3 Å². The van der Waals surface area contributed by atoms with E-state index in [-0.39, 0.29) is 11.9 Å². The molecule has 1 aliphatic rings. The molecule has 5 heteroatoms. The molecule has 0 aromatic heterocycles. The van der Waals surface area contributed by atoms with Crippen LogP contribution in [0.3, 0.4) is 0 Å². The Morgan fingerprint density at radius 3 is 2.65 bits per heavy atom. The van der Waals surface area contributed by atoms with Gasteiger partial charge in [-0.25, -0.2) is 4.39 Å². The van der Waals surface area contributed by atoms with Crippen molar-refractivity contribution < 1.29 is 13.9 Å². The summed E-state index contributed by atoms with van der Waals surface area (Å²) in [5.41, 5.74) is 5.47. The minimum atomic E-state index is -0.828. The number of halogens is 1. The van der Waals surface area contributed by atoms with Crippen LogP contribution in [0.5, 0.6) is 0 Å². The molecule has 2 atom stereocenters. The lowest BCUT2D eigenvalue weighted by atomic mass is 9.82. The van der Waals surface area contributed by atoms with Crippen molar-refractivity contribution in [2.45, 2.75) is 38.3 Å². The van der Waals surface area contributed by atoms with Crippen LogP contribution in [-0.4, -0.2) is 24.2 Å². The Morgan fingerprint density at radius 1 is 1.45 bits per heavy atom. The number of primary amides is 1. The summed E-state index contributed by atoms with van der Waals surface area (Å²) in [5, 5.41) is 3.18. The highest BCUT2D eigenvalue weighted by atomic mass is 19.1. The number of ether oxygens (including phenoxy) is 1. The van der Waals surface area contributed by atoms with Gasteiger partial charge in [0.05, 0.1) is 6.10 Å². The van der Waals surface area contributed by atoms with E-state index < -0.39 is 11.4 Å². The van der Waals surface area contributed by atoms with Crippen molar-refractivity contribution in [2.24, 2.45) is 11.7 Å². The minimum Gasteiger partial charge on any atom is -0.378 e. The molecule has 1 amide bonds. The van der Waals surface area contributed by atoms with Gasteiger partial charge in [-0.2, -0.15) is 0 Å². The van der Waals surface area contributed by atoms with Crippen LogP contribution < -0.4 is 11.1 Å². The summed E-state index contributed by atoms with van der Waals surface area (Å²) in [4.78, 5) is 11.9. The first-order valence-corrected chi connectivity index (χ1v) is 6.88. The van der Waals surface area contributed by atoms with Crippen molar-refractivity contribution in [3.05, 3.63) is 30.1 Å². The zero-order valence-electron chi connectivity index (χ0n) is 11.9. The smallest absolute Gasteiger partial charge is 0.243 e. The van der Waals surface area contributed by atoms with Crippen LogP contribution in [0.1, 0.15) is 26.7 Å². The number of hydrogen-bond acceptors (Lipinski definition) is 3. The van der Waals surface area contributed by atoms with Gasteiger partial charge in [-0.15, -0.1) is 0 Å². The highest BCUT2D eigenvalue weighted by Crippen LogP contribution is 2.31. The third-order valence-electron chi connectivity index (χ3n) is 3.85. The lowest BCUT2D eigenvalue weighted by molar-refractivity contribution is -0.128. The van der Waals surface area contributed by atoms with E-state index in [0.29, 0.717) is 31.1 Å². The fraction of sp³-hybridized carbons (Fsp3) is 0.533. The number of nitrogens with two attached hydrogens (primary N) is 1. The fourth-order valence-electron chi connectivity index (χ4n) is 2.53. The largest absolute Gasteiger partial charge is 0.378 e. The highest BCUT2D eigenvalue weighted by molar-refractivity contribution is 5.88. The van der Waals surface area contributed by atoms with E-state index in [9.17, 15) is 9.18 Å². The van der Waals surface area contributed by atoms with Crippen LogP contribution in [0.15, 0.2) is 24.3 Å². The predicted molar refractivity (Wildman–Crippen MR) is 75.8 cm³/mol. The van der Waals surface area contributed by atoms with Crippen LogP contribution >= 0.6 is 0 Å². The Balaban J connectivity index is 2.21. The first-order valence-electron chi connectivity index (χ1n) is 6.88. The van der Waals surface area contributed by atoms with Crippen LogP contribution in [-0.2, 0) is 9.53 Å². The van der Waals surface area contributed by atoms with E-state index in [1.54, 1.807) is 12.1 Å². The zero-order valence-corrected chi connectivity index (χ0v) is 11.9. The molecular weight excluding hydrogens is 259 g/mol. The number of benzene rings is 1. The van der Waals surface area contributed by atoms with Gasteiger partial charge >= 0.3 is 0 Å². The summed E-state index contributed by atoms with van der Waals surface area (Å²) >= 11 is 0. The van der Waals surface area contributed by atoms with E-state index in [4.69, 9.17) is 10.5 Å². The quantitative estimate of drug-likeness (QED) is 0.889. The predicted octanol–water partition coefficient (Wildman–Crippen LogP) is 2.30. The van der Waals surface area contributed by atoms with Gasteiger partial charge in [0.2, 0.25) is 5.91 Å². The minimum absolute atomic E-state index is 0.0100. The van der Waals surface area contributed by atoms with Gasteiger partial charge in [0, 0.05) is 25.1 Å². The van der Waals surface area contributed by atoms with Gasteiger partial charge < -0.3 is 15.8 Å². The number of nitrogens with one attached hydrogen (secondary N) is 1. The molecule has 20 heavy (non-hydrogen) atoms. The third kappa shape index (κ3) is 3.10. The average molecular weight is 280 g/mol. The van der Waals surface area contributed by atoms with Crippen LogP contribution in [0.25, 0.3) is 0 Å². The van der Waals surface area contributed by atoms with Crippen molar-refractivity contribution in [1.82, 2.24) is 0 Å². The number of carbonyl (C=O) groups excluding carboxylic acids is 1. The van der Waals surface area contributed by atoms with Gasteiger partial charge in [0.1, 0.15) is 11.4 Å². The lowest BCUT2D eigenvalue weighted by Gasteiger charge is -2.41. The highest BCUT2D eigenvalue weighted by Gasteiger charge is 2.42. The number of amides is 1. The van der Waals surface area contributed by atoms with Crippen molar-refractivity contribution in [3.8, 4) is 0 Å². The number of hydrogen-bond donors (Lipinski definition) is 2. The Hall–Kier alpha value is -1.62. The van der Waals surface area contributed by atoms with Gasteiger partial charge in [0.25, 0.3) is 0 Å². The normalized spacial score (nSPS) is 26.5. The van der Waals surface area contributed by atoms with E-state index in [0.717, 1.165) is 0 Å². The molecule has 0 bridgehead atoms. The molecule has 1 aliphatic heterocycles. The molecule has 0 spiro atoms. The molecule has 0 radical (unpaired) electrons. The van der Waals surface area contributed by atoms with Crippen molar-refractivity contribution in [2.75, 3.05) is 11.9 Å². The summed E-state index contributed by atoms with van der Waals surface area (Å²) < 4.78 is 18.6. The maximum atomic E-state index is 12.9. The molecule has 2 rings (SSSR count). The van der Waals surface area contributed by atoms with Gasteiger partial charge in [0.15, 0.2) is 0 Å². The second kappa shape index (κ2) is 5.79. The lowest BCUT2D eigenvalue weighted by Crippen LogP contribution is -2.56. The maximum absolute atomic E-state index is 12.9. The number of anilines is 1. The van der Waals surface area contributed by atoms with Gasteiger partial charge in [-0.3, -0.25) is 4.79 Å². The Morgan fingerprint density at radius 2 is 2.10 bits per heavy atom. The molecule has 0 aliphatic carbocycles. The molecule has 1 fully saturated rings. The van der Waals surface area contributed by atoms with Gasteiger partial charge in [-0.05, 0) is 30.2 Å². The summed E-state index contributed by atoms with van der Waals surface area (Å²) in [6, 6.07) is 5.94. The monoisotopic (exact) mass is 280 g/mol. The number of rotatable bonds is 4. The molecule has 1 aromatic rings. The van der Waals surface area contributed by atoms with E-state index >= 15 is 0 Å². The Kier molecular flexibility index (Phi) is 4.28. The SMILES string of the molecule is CC(C)C1CC(Nc2ccc(F)cc2)(C(N)=O)CCO1. The first kappa shape index (κ1) is 14.8. The molecule has 2 unspecified atom stereocenters. The Labute approximate surface area is 118 Å². The van der Waals surface area contributed by atoms with Gasteiger partial charge in [-0.1, -0.05) is 13.8 Å². The molecular formula is C15H21FN2O2. The standard InChI is InChI=1S/C15H21FN2O2/c1-10(2)13-9-15(14(17)19,7-8-20-13)18-12-5-3-11(16)4-6-12/h3-6,10,13,18H,7-9H2,1-2H3,(H2,17,19). The van der Waals surface area contributed by atoms with E-state index in [1.807, 2.05) is 0 Å². The Bertz CT molecular complexity index is 475. The summed E-state index contributed by atoms with van der Waals surface area (Å²) in [7, 11) is 0. The fourth-order valence-corrected chi connectivity index (χ4v) is 2.53. The zero-order chi connectivity index (χ0) is 14.8. The van der Waals surface area contributed by atoms with Crippen LogP contribution in [0, 0.1) is 11.7 Å². The molecule has 1 aromatic carbocycles. The first-order chi connectivity index (χ1) is 9.43. The third-order valence-corrected chi connectivity index (χ3v) is 3.85. The molecule has 1 heterocycles. The van der Waals surface area contributed by atoms with E-state index in [2.05, 4.69) is 19.2 Å². The van der Waals surface area contributed by atoms with Crippen LogP contribution in [0.2, 0.25) is 0 Å². The van der Waals surface area contributed by atoms with Crippen LogP contribution in [0.4, 0.5) is 10.1 Å². The average Bonchev–Trinajstić information content (AvgIpc) is 2.41. The maximum Gasteiger partial charge on any atom is 0.243 e.